The average Bonchev–Trinajstić information content (AvgIpc) is 3.00. The van der Waals surface area contributed by atoms with Crippen LogP contribution in [0.5, 0.6) is 0 Å². The van der Waals surface area contributed by atoms with Crippen LogP contribution in [-0.2, 0) is 21.5 Å². The number of rotatable bonds is 6. The highest BCUT2D eigenvalue weighted by Gasteiger charge is 2.52. The van der Waals surface area contributed by atoms with Gasteiger partial charge in [0.05, 0.1) is 0 Å². The van der Waals surface area contributed by atoms with Crippen molar-refractivity contribution < 1.29 is 14.4 Å². The summed E-state index contributed by atoms with van der Waals surface area (Å²) in [7, 11) is 0. The van der Waals surface area contributed by atoms with Crippen molar-refractivity contribution in [3.63, 3.8) is 0 Å². The quantitative estimate of drug-likeness (QED) is 0.525. The largest absolute Gasteiger partial charge is 0.325 e. The predicted octanol–water partition coefficient (Wildman–Crippen LogP) is 4.08. The molecule has 3 aromatic carbocycles. The zero-order valence-corrected chi connectivity index (χ0v) is 18.1. The summed E-state index contributed by atoms with van der Waals surface area (Å²) < 4.78 is 0.811. The first kappa shape index (κ1) is 20.8. The Balaban J connectivity index is 1.60. The molecule has 0 spiro atoms. The predicted molar refractivity (Wildman–Crippen MR) is 121 cm³/mol. The molecular formula is C24H20BrN3O3. The van der Waals surface area contributed by atoms with Gasteiger partial charge in [0.15, 0.2) is 5.54 Å². The number of anilines is 1. The third-order valence-electron chi connectivity index (χ3n) is 5.16. The summed E-state index contributed by atoms with van der Waals surface area (Å²) in [4.78, 5) is 39.9. The zero-order chi connectivity index (χ0) is 21.8. The topological polar surface area (TPSA) is 78.5 Å². The number of amides is 4. The van der Waals surface area contributed by atoms with E-state index in [4.69, 9.17) is 0 Å². The minimum Gasteiger partial charge on any atom is -0.324 e. The average molecular weight is 478 g/mol. The van der Waals surface area contributed by atoms with Crippen LogP contribution in [0, 0.1) is 0 Å². The summed E-state index contributed by atoms with van der Waals surface area (Å²) in [6.07, 6.45) is 0.284. The molecule has 1 aliphatic rings. The molecule has 1 heterocycles. The highest BCUT2D eigenvalue weighted by molar-refractivity contribution is 9.10. The van der Waals surface area contributed by atoms with Gasteiger partial charge in [-0.25, -0.2) is 4.79 Å². The fraction of sp³-hybridized carbons (Fsp3) is 0.125. The van der Waals surface area contributed by atoms with E-state index in [1.54, 1.807) is 18.2 Å². The Kier molecular flexibility index (Phi) is 5.86. The molecule has 0 saturated carbocycles. The molecule has 0 radical (unpaired) electrons. The highest BCUT2D eigenvalue weighted by atomic mass is 79.9. The van der Waals surface area contributed by atoms with Gasteiger partial charge >= 0.3 is 6.03 Å². The van der Waals surface area contributed by atoms with Gasteiger partial charge in [-0.2, -0.15) is 0 Å². The molecule has 6 nitrogen and oxygen atoms in total. The third-order valence-corrected chi connectivity index (χ3v) is 5.66. The first-order valence-electron chi connectivity index (χ1n) is 9.77. The summed E-state index contributed by atoms with van der Waals surface area (Å²) in [6.45, 7) is -0.374. The second-order valence-corrected chi connectivity index (χ2v) is 8.23. The second-order valence-electron chi connectivity index (χ2n) is 7.31. The van der Waals surface area contributed by atoms with Gasteiger partial charge in [-0.05, 0) is 29.3 Å². The standard InChI is InChI=1S/C24H20BrN3O3/c25-19-12-7-13-20(14-19)26-21(29)16-28-22(30)24(27-23(28)31,18-10-5-2-6-11-18)15-17-8-3-1-4-9-17/h1-14H,15-16H2,(H,26,29)(H,27,31). The van der Waals surface area contributed by atoms with Crippen molar-refractivity contribution >= 4 is 39.5 Å². The second kappa shape index (κ2) is 8.73. The Labute approximate surface area is 188 Å². The number of halogens is 1. The van der Waals surface area contributed by atoms with Crippen molar-refractivity contribution in [2.24, 2.45) is 0 Å². The molecule has 1 atom stereocenters. The molecule has 0 bridgehead atoms. The van der Waals surface area contributed by atoms with E-state index in [9.17, 15) is 14.4 Å². The van der Waals surface area contributed by atoms with E-state index in [2.05, 4.69) is 26.6 Å². The molecule has 4 amide bonds. The number of nitrogens with one attached hydrogen (secondary N) is 2. The summed E-state index contributed by atoms with van der Waals surface area (Å²) in [5, 5.41) is 5.59. The number of imide groups is 1. The minimum absolute atomic E-state index is 0.284. The fourth-order valence-electron chi connectivity index (χ4n) is 3.72. The fourth-order valence-corrected chi connectivity index (χ4v) is 4.12. The van der Waals surface area contributed by atoms with Gasteiger partial charge in [0.2, 0.25) is 5.91 Å². The van der Waals surface area contributed by atoms with Crippen LogP contribution < -0.4 is 10.6 Å². The zero-order valence-electron chi connectivity index (χ0n) is 16.5. The molecule has 7 heteroatoms. The molecular weight excluding hydrogens is 458 g/mol. The number of urea groups is 1. The van der Waals surface area contributed by atoms with Gasteiger partial charge in [0.25, 0.3) is 5.91 Å². The lowest BCUT2D eigenvalue weighted by molar-refractivity contribution is -0.134. The first-order valence-corrected chi connectivity index (χ1v) is 10.6. The first-order chi connectivity index (χ1) is 15.0. The van der Waals surface area contributed by atoms with Crippen molar-refractivity contribution in [1.29, 1.82) is 0 Å². The van der Waals surface area contributed by atoms with Crippen LogP contribution in [0.2, 0.25) is 0 Å². The van der Waals surface area contributed by atoms with E-state index < -0.39 is 23.4 Å². The minimum atomic E-state index is -1.27. The van der Waals surface area contributed by atoms with E-state index in [-0.39, 0.29) is 13.0 Å². The van der Waals surface area contributed by atoms with Crippen molar-refractivity contribution in [3.8, 4) is 0 Å². The maximum Gasteiger partial charge on any atom is 0.325 e. The number of benzene rings is 3. The van der Waals surface area contributed by atoms with E-state index >= 15 is 0 Å². The summed E-state index contributed by atoms with van der Waals surface area (Å²) in [6, 6.07) is 25.1. The number of carbonyl (C=O) groups excluding carboxylic acids is 3. The lowest BCUT2D eigenvalue weighted by Crippen LogP contribution is -2.46. The summed E-state index contributed by atoms with van der Waals surface area (Å²) in [5.74, 6) is -0.901. The van der Waals surface area contributed by atoms with Crippen LogP contribution in [-0.4, -0.2) is 29.3 Å². The molecule has 0 aromatic heterocycles. The SMILES string of the molecule is O=C(CN1C(=O)NC(Cc2ccccc2)(c2ccccc2)C1=O)Nc1cccc(Br)c1. The summed E-state index contributed by atoms with van der Waals surface area (Å²) >= 11 is 3.35. The molecule has 3 aromatic rings. The van der Waals surface area contributed by atoms with Gasteiger partial charge in [0, 0.05) is 16.6 Å². The maximum atomic E-state index is 13.5. The van der Waals surface area contributed by atoms with Crippen molar-refractivity contribution in [2.75, 3.05) is 11.9 Å². The Bertz CT molecular complexity index is 1120. The number of hydrogen-bond donors (Lipinski definition) is 2. The monoisotopic (exact) mass is 477 g/mol. The van der Waals surface area contributed by atoms with Crippen LogP contribution in [0.4, 0.5) is 10.5 Å². The molecule has 1 saturated heterocycles. The van der Waals surface area contributed by atoms with E-state index in [0.29, 0.717) is 11.3 Å². The van der Waals surface area contributed by atoms with E-state index in [1.165, 1.54) is 0 Å². The van der Waals surface area contributed by atoms with Crippen LogP contribution in [0.1, 0.15) is 11.1 Å². The van der Waals surface area contributed by atoms with Gasteiger partial charge in [-0.15, -0.1) is 0 Å². The lowest BCUT2D eigenvalue weighted by atomic mass is 9.83. The van der Waals surface area contributed by atoms with Crippen LogP contribution in [0.15, 0.2) is 89.4 Å². The van der Waals surface area contributed by atoms with Gasteiger partial charge < -0.3 is 10.6 Å². The Morgan fingerprint density at radius 2 is 1.61 bits per heavy atom. The van der Waals surface area contributed by atoms with Gasteiger partial charge in [-0.3, -0.25) is 14.5 Å². The third kappa shape index (κ3) is 4.36. The van der Waals surface area contributed by atoms with Crippen molar-refractivity contribution in [2.45, 2.75) is 12.0 Å². The number of carbonyl (C=O) groups is 3. The van der Waals surface area contributed by atoms with E-state index in [1.807, 2.05) is 66.7 Å². The number of hydrogen-bond acceptors (Lipinski definition) is 3. The van der Waals surface area contributed by atoms with Gasteiger partial charge in [0.1, 0.15) is 6.54 Å². The molecule has 1 fully saturated rings. The molecule has 0 aliphatic carbocycles. The summed E-state index contributed by atoms with van der Waals surface area (Å²) in [5.41, 5.74) is 0.882. The van der Waals surface area contributed by atoms with Gasteiger partial charge in [-0.1, -0.05) is 82.7 Å². The Hall–Kier alpha value is -3.45. The normalized spacial score (nSPS) is 18.0. The molecule has 2 N–H and O–H groups in total. The molecule has 4 rings (SSSR count). The molecule has 31 heavy (non-hydrogen) atoms. The highest BCUT2D eigenvalue weighted by Crippen LogP contribution is 2.33. The van der Waals surface area contributed by atoms with Crippen molar-refractivity contribution in [3.05, 3.63) is 101 Å². The molecule has 156 valence electrons. The van der Waals surface area contributed by atoms with Crippen molar-refractivity contribution in [1.82, 2.24) is 10.2 Å². The smallest absolute Gasteiger partial charge is 0.324 e. The molecule has 1 unspecified atom stereocenters. The Morgan fingerprint density at radius 1 is 0.935 bits per heavy atom. The van der Waals surface area contributed by atoms with Crippen LogP contribution in [0.3, 0.4) is 0 Å². The lowest BCUT2D eigenvalue weighted by Gasteiger charge is -2.27. The van der Waals surface area contributed by atoms with E-state index in [0.717, 1.165) is 14.9 Å². The van der Waals surface area contributed by atoms with Crippen LogP contribution in [0.25, 0.3) is 0 Å². The number of nitrogens with zero attached hydrogens (tertiary/aromatic N) is 1. The van der Waals surface area contributed by atoms with Crippen LogP contribution >= 0.6 is 15.9 Å². The Morgan fingerprint density at radius 3 is 2.29 bits per heavy atom. The molecule has 1 aliphatic heterocycles. The maximum absolute atomic E-state index is 13.5.